The molecule has 0 fully saturated rings. The van der Waals surface area contributed by atoms with E-state index in [1.807, 2.05) is 31.4 Å². The third-order valence-corrected chi connectivity index (χ3v) is 5.91. The molecular formula is C21H28N2O3S2. The molecule has 0 radical (unpaired) electrons. The molecule has 2 amide bonds. The Bertz CT molecular complexity index is 777. The number of amides is 2. The molecule has 2 aromatic rings. The molecule has 2 rings (SSSR count). The number of hydrogen-bond donors (Lipinski definition) is 2. The summed E-state index contributed by atoms with van der Waals surface area (Å²) < 4.78 is 5.47. The van der Waals surface area contributed by atoms with Crippen LogP contribution < -0.4 is 15.4 Å². The zero-order chi connectivity index (χ0) is 20.5. The summed E-state index contributed by atoms with van der Waals surface area (Å²) in [5.41, 5.74) is 1.12. The molecule has 0 saturated heterocycles. The van der Waals surface area contributed by atoms with E-state index in [0.29, 0.717) is 12.2 Å². The smallest absolute Gasteiger partial charge is 0.258 e. The normalized spacial score (nSPS) is 12.9. The highest BCUT2D eigenvalue weighted by molar-refractivity contribution is 7.98. The van der Waals surface area contributed by atoms with Crippen molar-refractivity contribution in [2.24, 2.45) is 0 Å². The second-order valence-electron chi connectivity index (χ2n) is 6.60. The van der Waals surface area contributed by atoms with E-state index < -0.39 is 6.04 Å². The fourth-order valence-electron chi connectivity index (χ4n) is 2.88. The first-order valence-electron chi connectivity index (χ1n) is 9.24. The Morgan fingerprint density at radius 3 is 2.50 bits per heavy atom. The topological polar surface area (TPSA) is 67.4 Å². The maximum absolute atomic E-state index is 12.8. The summed E-state index contributed by atoms with van der Waals surface area (Å²) >= 11 is 3.37. The third-order valence-electron chi connectivity index (χ3n) is 4.28. The van der Waals surface area contributed by atoms with E-state index in [1.165, 1.54) is 9.75 Å². The lowest BCUT2D eigenvalue weighted by Crippen LogP contribution is -2.48. The Morgan fingerprint density at radius 2 is 1.89 bits per heavy atom. The molecule has 0 aliphatic carbocycles. The van der Waals surface area contributed by atoms with Crippen molar-refractivity contribution in [1.82, 2.24) is 10.6 Å². The fourth-order valence-corrected chi connectivity index (χ4v) is 4.37. The van der Waals surface area contributed by atoms with Crippen LogP contribution in [0.3, 0.4) is 0 Å². The van der Waals surface area contributed by atoms with Gasteiger partial charge in [-0.1, -0.05) is 18.2 Å². The van der Waals surface area contributed by atoms with Crippen LogP contribution in [0, 0.1) is 13.8 Å². The number of carbonyl (C=O) groups excluding carboxylic acids is 2. The van der Waals surface area contributed by atoms with Crippen molar-refractivity contribution in [2.45, 2.75) is 39.3 Å². The van der Waals surface area contributed by atoms with Gasteiger partial charge in [-0.05, 0) is 63.0 Å². The van der Waals surface area contributed by atoms with E-state index in [4.69, 9.17) is 4.74 Å². The average molecular weight is 421 g/mol. The molecule has 2 atom stereocenters. The van der Waals surface area contributed by atoms with E-state index in [0.717, 1.165) is 11.3 Å². The van der Waals surface area contributed by atoms with Gasteiger partial charge in [0.25, 0.3) is 5.91 Å². The van der Waals surface area contributed by atoms with Crippen molar-refractivity contribution in [3.05, 3.63) is 51.7 Å². The highest BCUT2D eigenvalue weighted by Gasteiger charge is 2.23. The lowest BCUT2D eigenvalue weighted by atomic mass is 10.1. The Labute approximate surface area is 175 Å². The van der Waals surface area contributed by atoms with Crippen LogP contribution in [0.4, 0.5) is 0 Å². The van der Waals surface area contributed by atoms with Gasteiger partial charge in [0.2, 0.25) is 5.91 Å². The zero-order valence-corrected chi connectivity index (χ0v) is 18.4. The van der Waals surface area contributed by atoms with E-state index >= 15 is 0 Å². The van der Waals surface area contributed by atoms with E-state index in [1.54, 1.807) is 35.2 Å². The molecule has 2 N–H and O–H groups in total. The molecule has 0 bridgehead atoms. The summed E-state index contributed by atoms with van der Waals surface area (Å²) in [6, 6.07) is 10.6. The summed E-state index contributed by atoms with van der Waals surface area (Å²) in [5.74, 6) is 0.931. The van der Waals surface area contributed by atoms with Crippen molar-refractivity contribution in [2.75, 3.05) is 18.6 Å². The molecule has 1 aromatic heterocycles. The molecule has 7 heteroatoms. The first-order valence-corrected chi connectivity index (χ1v) is 11.4. The Morgan fingerprint density at radius 1 is 1.18 bits per heavy atom. The van der Waals surface area contributed by atoms with Crippen LogP contribution in [-0.4, -0.2) is 36.5 Å². The molecule has 152 valence electrons. The van der Waals surface area contributed by atoms with Gasteiger partial charge in [0.1, 0.15) is 11.8 Å². The number of nitrogens with one attached hydrogen (secondary N) is 2. The minimum atomic E-state index is -0.582. The van der Waals surface area contributed by atoms with Crippen LogP contribution in [0.5, 0.6) is 5.75 Å². The van der Waals surface area contributed by atoms with Gasteiger partial charge in [0, 0.05) is 9.75 Å². The largest absolute Gasteiger partial charge is 0.484 e. The van der Waals surface area contributed by atoms with Gasteiger partial charge < -0.3 is 15.4 Å². The first-order chi connectivity index (χ1) is 13.4. The lowest BCUT2D eigenvalue weighted by Gasteiger charge is -2.21. The molecule has 0 aliphatic rings. The minimum absolute atomic E-state index is 0.105. The van der Waals surface area contributed by atoms with Gasteiger partial charge >= 0.3 is 0 Å². The van der Waals surface area contributed by atoms with E-state index in [9.17, 15) is 9.59 Å². The molecule has 1 heterocycles. The van der Waals surface area contributed by atoms with Crippen molar-refractivity contribution in [3.63, 3.8) is 0 Å². The van der Waals surface area contributed by atoms with Gasteiger partial charge in [-0.25, -0.2) is 0 Å². The molecule has 0 spiro atoms. The van der Waals surface area contributed by atoms with Crippen LogP contribution in [-0.2, 0) is 9.59 Å². The third kappa shape index (κ3) is 6.87. The van der Waals surface area contributed by atoms with Gasteiger partial charge in [-0.2, -0.15) is 11.8 Å². The van der Waals surface area contributed by atoms with Crippen molar-refractivity contribution in [1.29, 1.82) is 0 Å². The van der Waals surface area contributed by atoms with E-state index in [2.05, 4.69) is 30.5 Å². The molecule has 0 saturated carbocycles. The van der Waals surface area contributed by atoms with Gasteiger partial charge in [-0.15, -0.1) is 11.3 Å². The lowest BCUT2D eigenvalue weighted by molar-refractivity contribution is -0.130. The number of rotatable bonds is 10. The zero-order valence-electron chi connectivity index (χ0n) is 16.8. The number of ether oxygens (including phenoxy) is 1. The number of benzene rings is 1. The number of aryl methyl sites for hydroxylation is 2. The van der Waals surface area contributed by atoms with Crippen LogP contribution in [0.25, 0.3) is 0 Å². The van der Waals surface area contributed by atoms with Gasteiger partial charge in [-0.3, -0.25) is 9.59 Å². The molecular weight excluding hydrogens is 392 g/mol. The maximum Gasteiger partial charge on any atom is 0.258 e. The number of hydrogen-bond acceptors (Lipinski definition) is 5. The molecule has 0 unspecified atom stereocenters. The van der Waals surface area contributed by atoms with Crippen LogP contribution in [0.2, 0.25) is 0 Å². The SMILES string of the molecule is CSCC[C@@H](NC(=O)COc1ccccc1)C(=O)N[C@@H](C)c1cc(C)sc1C. The highest BCUT2D eigenvalue weighted by atomic mass is 32.2. The summed E-state index contributed by atoms with van der Waals surface area (Å²) in [7, 11) is 0. The Kier molecular flexibility index (Phi) is 8.86. The second-order valence-corrected chi connectivity index (χ2v) is 9.05. The van der Waals surface area contributed by atoms with Crippen LogP contribution in [0.15, 0.2) is 36.4 Å². The maximum atomic E-state index is 12.8. The summed E-state index contributed by atoms with van der Waals surface area (Å²) in [6.45, 7) is 5.97. The quantitative estimate of drug-likeness (QED) is 0.612. The molecule has 5 nitrogen and oxygen atoms in total. The number of para-hydroxylation sites is 1. The predicted molar refractivity (Wildman–Crippen MR) is 117 cm³/mol. The van der Waals surface area contributed by atoms with Crippen molar-refractivity contribution in [3.8, 4) is 5.75 Å². The first kappa shape index (κ1) is 22.3. The fraction of sp³-hybridized carbons (Fsp3) is 0.429. The molecule has 1 aromatic carbocycles. The summed E-state index contributed by atoms with van der Waals surface area (Å²) in [6.07, 6.45) is 2.55. The van der Waals surface area contributed by atoms with Gasteiger partial charge in [0.15, 0.2) is 6.61 Å². The number of thiophene rings is 1. The standard InChI is InChI=1S/C21H28N2O3S2/c1-14-12-18(16(3)28-14)15(2)22-21(25)19(10-11-27-4)23-20(24)13-26-17-8-6-5-7-9-17/h5-9,12,15,19H,10-11,13H2,1-4H3,(H,22,25)(H,23,24)/t15-,19+/m0/s1. The molecule has 28 heavy (non-hydrogen) atoms. The second kappa shape index (κ2) is 11.1. The monoisotopic (exact) mass is 420 g/mol. The highest BCUT2D eigenvalue weighted by Crippen LogP contribution is 2.26. The number of thioether (sulfide) groups is 1. The van der Waals surface area contributed by atoms with E-state index in [-0.39, 0.29) is 24.5 Å². The van der Waals surface area contributed by atoms with Gasteiger partial charge in [0.05, 0.1) is 6.04 Å². The molecule has 0 aliphatic heterocycles. The minimum Gasteiger partial charge on any atom is -0.484 e. The summed E-state index contributed by atoms with van der Waals surface area (Å²) in [5, 5.41) is 5.85. The van der Waals surface area contributed by atoms with Crippen LogP contribution in [0.1, 0.15) is 34.7 Å². The number of carbonyl (C=O) groups is 2. The Hall–Kier alpha value is -1.99. The predicted octanol–water partition coefficient (Wildman–Crippen LogP) is 3.86. The summed E-state index contributed by atoms with van der Waals surface area (Å²) in [4.78, 5) is 27.5. The van der Waals surface area contributed by atoms with Crippen LogP contribution >= 0.6 is 23.1 Å². The van der Waals surface area contributed by atoms with Crippen molar-refractivity contribution < 1.29 is 14.3 Å². The average Bonchev–Trinajstić information content (AvgIpc) is 3.02. The van der Waals surface area contributed by atoms with Crippen molar-refractivity contribution >= 4 is 34.9 Å². The Balaban J connectivity index is 1.94.